The predicted octanol–water partition coefficient (Wildman–Crippen LogP) is 2.51. The monoisotopic (exact) mass is 238 g/mol. The van der Waals surface area contributed by atoms with Gasteiger partial charge in [-0.1, -0.05) is 50.0 Å². The molecule has 1 aromatic carbocycles. The molecule has 88 valence electrons. The maximum absolute atomic E-state index is 11.2. The van der Waals surface area contributed by atoms with Gasteiger partial charge in [0.15, 0.2) is 0 Å². The van der Waals surface area contributed by atoms with Gasteiger partial charge in [0.2, 0.25) is 0 Å². The molecule has 4 heteroatoms. The Kier molecular flexibility index (Phi) is 3.88. The normalized spacial score (nSPS) is 15.5. The number of hydrogen-bond donors (Lipinski definition) is 2. The highest BCUT2D eigenvalue weighted by molar-refractivity contribution is 6.80. The summed E-state index contributed by atoms with van der Waals surface area (Å²) in [6.45, 7) is 5.87. The van der Waals surface area contributed by atoms with Crippen LogP contribution in [0.4, 0.5) is 0 Å². The van der Waals surface area contributed by atoms with Gasteiger partial charge in [-0.25, -0.2) is 0 Å². The zero-order valence-corrected chi connectivity index (χ0v) is 10.8. The third-order valence-corrected chi connectivity index (χ3v) is 5.08. The lowest BCUT2D eigenvalue weighted by Crippen LogP contribution is -2.37. The Hall–Kier alpha value is -1.13. The van der Waals surface area contributed by atoms with Crippen molar-refractivity contribution in [2.24, 2.45) is 0 Å². The van der Waals surface area contributed by atoms with Crippen molar-refractivity contribution in [2.45, 2.75) is 31.3 Å². The SMILES string of the molecule is C[Si](C)(C)[C@H](C(=O)O)[C@@H](O)c1ccccc1. The molecule has 0 aliphatic rings. The van der Waals surface area contributed by atoms with Gasteiger partial charge in [-0.3, -0.25) is 4.79 Å². The first-order valence-corrected chi connectivity index (χ1v) is 8.87. The van der Waals surface area contributed by atoms with Gasteiger partial charge in [0.1, 0.15) is 0 Å². The predicted molar refractivity (Wildman–Crippen MR) is 66.1 cm³/mol. The summed E-state index contributed by atoms with van der Waals surface area (Å²) >= 11 is 0. The minimum absolute atomic E-state index is 0.671. The van der Waals surface area contributed by atoms with Crippen molar-refractivity contribution in [1.29, 1.82) is 0 Å². The molecule has 2 atom stereocenters. The molecule has 2 N–H and O–H groups in total. The third-order valence-electron chi connectivity index (χ3n) is 2.66. The molecule has 0 heterocycles. The Bertz CT molecular complexity index is 356. The van der Waals surface area contributed by atoms with Crippen LogP contribution in [0.25, 0.3) is 0 Å². The highest BCUT2D eigenvalue weighted by atomic mass is 28.3. The van der Waals surface area contributed by atoms with Crippen molar-refractivity contribution < 1.29 is 15.0 Å². The highest BCUT2D eigenvalue weighted by Gasteiger charge is 2.39. The standard InChI is InChI=1S/C12H18O3Si/c1-16(2,3)11(12(14)15)10(13)9-7-5-4-6-8-9/h4-8,10-11,13H,1-3H3,(H,14,15)/t10-,11-/m0/s1. The zero-order chi connectivity index (χ0) is 12.3. The van der Waals surface area contributed by atoms with E-state index in [0.29, 0.717) is 5.56 Å². The number of hydrogen-bond acceptors (Lipinski definition) is 2. The smallest absolute Gasteiger partial charge is 0.306 e. The van der Waals surface area contributed by atoms with E-state index in [1.165, 1.54) is 0 Å². The third kappa shape index (κ3) is 2.93. The number of aliphatic carboxylic acids is 1. The molecule has 0 fully saturated rings. The highest BCUT2D eigenvalue weighted by Crippen LogP contribution is 2.35. The summed E-state index contributed by atoms with van der Waals surface area (Å²) in [7, 11) is -1.95. The minimum Gasteiger partial charge on any atom is -0.481 e. The number of carboxylic acids is 1. The van der Waals surface area contributed by atoms with E-state index in [2.05, 4.69) is 0 Å². The van der Waals surface area contributed by atoms with Crippen molar-refractivity contribution in [2.75, 3.05) is 0 Å². The number of aliphatic hydroxyl groups is 1. The van der Waals surface area contributed by atoms with E-state index >= 15 is 0 Å². The fourth-order valence-electron chi connectivity index (χ4n) is 1.82. The van der Waals surface area contributed by atoms with Crippen LogP contribution in [-0.4, -0.2) is 24.3 Å². The Morgan fingerprint density at radius 1 is 1.19 bits per heavy atom. The second-order valence-electron chi connectivity index (χ2n) is 5.04. The van der Waals surface area contributed by atoms with Crippen LogP contribution >= 0.6 is 0 Å². The maximum atomic E-state index is 11.2. The maximum Gasteiger partial charge on any atom is 0.306 e. The second-order valence-corrected chi connectivity index (χ2v) is 10.4. The van der Waals surface area contributed by atoms with E-state index < -0.39 is 25.7 Å². The number of benzene rings is 1. The van der Waals surface area contributed by atoms with E-state index in [1.54, 1.807) is 12.1 Å². The molecule has 3 nitrogen and oxygen atoms in total. The summed E-state index contributed by atoms with van der Waals surface area (Å²) in [5.74, 6) is -0.907. The number of aliphatic hydroxyl groups excluding tert-OH is 1. The molecule has 0 aromatic heterocycles. The molecule has 0 bridgehead atoms. The van der Waals surface area contributed by atoms with E-state index in [-0.39, 0.29) is 0 Å². The van der Waals surface area contributed by atoms with Crippen LogP contribution in [0.15, 0.2) is 30.3 Å². The lowest BCUT2D eigenvalue weighted by atomic mass is 10.1. The van der Waals surface area contributed by atoms with Crippen molar-refractivity contribution in [3.63, 3.8) is 0 Å². The molecule has 0 amide bonds. The minimum atomic E-state index is -1.95. The van der Waals surface area contributed by atoms with Crippen LogP contribution < -0.4 is 0 Å². The van der Waals surface area contributed by atoms with Gasteiger partial charge in [-0.15, -0.1) is 0 Å². The summed E-state index contributed by atoms with van der Waals surface area (Å²) in [5.41, 5.74) is 0.00669. The van der Waals surface area contributed by atoms with Gasteiger partial charge in [-0.05, 0) is 5.56 Å². The van der Waals surface area contributed by atoms with Gasteiger partial charge in [-0.2, -0.15) is 0 Å². The average Bonchev–Trinajstić information content (AvgIpc) is 2.16. The number of carboxylic acid groups (broad SMARTS) is 1. The first kappa shape index (κ1) is 12.9. The van der Waals surface area contributed by atoms with Crippen LogP contribution in [0.5, 0.6) is 0 Å². The van der Waals surface area contributed by atoms with Crippen molar-refractivity contribution >= 4 is 14.0 Å². The second kappa shape index (κ2) is 4.80. The molecule has 0 aliphatic carbocycles. The summed E-state index contributed by atoms with van der Waals surface area (Å²) in [6, 6.07) is 8.99. The first-order valence-electron chi connectivity index (χ1n) is 5.30. The molecule has 1 aromatic rings. The fraction of sp³-hybridized carbons (Fsp3) is 0.417. The van der Waals surface area contributed by atoms with Crippen molar-refractivity contribution in [1.82, 2.24) is 0 Å². The first-order chi connectivity index (χ1) is 7.34. The molecule has 0 saturated heterocycles. The average molecular weight is 238 g/mol. The molecule has 0 radical (unpaired) electrons. The molecule has 0 spiro atoms. The lowest BCUT2D eigenvalue weighted by Gasteiger charge is -2.29. The molecule has 16 heavy (non-hydrogen) atoms. The van der Waals surface area contributed by atoms with Gasteiger partial charge < -0.3 is 10.2 Å². The van der Waals surface area contributed by atoms with Crippen LogP contribution in [0.2, 0.25) is 25.2 Å². The quantitative estimate of drug-likeness (QED) is 0.792. The largest absolute Gasteiger partial charge is 0.481 e. The van der Waals surface area contributed by atoms with E-state index in [9.17, 15) is 15.0 Å². The fourth-order valence-corrected chi connectivity index (χ4v) is 3.70. The molecular weight excluding hydrogens is 220 g/mol. The summed E-state index contributed by atoms with van der Waals surface area (Å²) in [4.78, 5) is 11.2. The van der Waals surface area contributed by atoms with Crippen LogP contribution in [-0.2, 0) is 4.79 Å². The Balaban J connectivity index is 3.02. The van der Waals surface area contributed by atoms with Gasteiger partial charge >= 0.3 is 5.97 Å². The lowest BCUT2D eigenvalue weighted by molar-refractivity contribution is -0.139. The van der Waals surface area contributed by atoms with Gasteiger partial charge in [0, 0.05) is 0 Å². The molecule has 1 rings (SSSR count). The Morgan fingerprint density at radius 2 is 1.69 bits per heavy atom. The van der Waals surface area contributed by atoms with Crippen LogP contribution in [0.1, 0.15) is 11.7 Å². The van der Waals surface area contributed by atoms with Crippen molar-refractivity contribution in [3.05, 3.63) is 35.9 Å². The molecule has 0 aliphatic heterocycles. The number of carbonyl (C=O) groups is 1. The number of rotatable bonds is 4. The van der Waals surface area contributed by atoms with E-state index in [4.69, 9.17) is 0 Å². The Morgan fingerprint density at radius 3 is 2.06 bits per heavy atom. The van der Waals surface area contributed by atoms with E-state index in [0.717, 1.165) is 0 Å². The zero-order valence-electron chi connectivity index (χ0n) is 9.84. The van der Waals surface area contributed by atoms with Gasteiger partial charge in [0.05, 0.1) is 19.7 Å². The summed E-state index contributed by atoms with van der Waals surface area (Å²) < 4.78 is 0. The topological polar surface area (TPSA) is 57.5 Å². The molecular formula is C12H18O3Si. The van der Waals surface area contributed by atoms with Crippen LogP contribution in [0, 0.1) is 0 Å². The van der Waals surface area contributed by atoms with Crippen molar-refractivity contribution in [3.8, 4) is 0 Å². The summed E-state index contributed by atoms with van der Waals surface area (Å²) in [6.07, 6.45) is -0.912. The summed E-state index contributed by atoms with van der Waals surface area (Å²) in [5, 5.41) is 19.4. The van der Waals surface area contributed by atoms with Crippen LogP contribution in [0.3, 0.4) is 0 Å². The van der Waals surface area contributed by atoms with Gasteiger partial charge in [0.25, 0.3) is 0 Å². The molecule has 0 saturated carbocycles. The Labute approximate surface area is 96.8 Å². The molecule has 0 unspecified atom stereocenters. The van der Waals surface area contributed by atoms with E-state index in [1.807, 2.05) is 37.8 Å².